The maximum Gasteiger partial charge on any atom is 0.153 e. The van der Waals surface area contributed by atoms with Crippen molar-refractivity contribution < 1.29 is 9.21 Å². The van der Waals surface area contributed by atoms with Crippen LogP contribution in [-0.4, -0.2) is 14.4 Å². The molecule has 0 radical (unpaired) electrons. The first-order valence-corrected chi connectivity index (χ1v) is 7.08. The maximum absolute atomic E-state index is 10.3. The molecule has 3 heteroatoms. The lowest BCUT2D eigenvalue weighted by Gasteiger charge is -2.10. The van der Waals surface area contributed by atoms with Crippen molar-refractivity contribution in [3.05, 3.63) is 17.9 Å². The topological polar surface area (TPSA) is 30.2 Å². The maximum atomic E-state index is 10.3. The van der Waals surface area contributed by atoms with Crippen molar-refractivity contribution in [2.45, 2.75) is 19.6 Å². The molecule has 0 amide bonds. The summed E-state index contributed by atoms with van der Waals surface area (Å²) < 4.78 is 5.25. The highest BCUT2D eigenvalue weighted by molar-refractivity contribution is 6.87. The number of furan rings is 1. The van der Waals surface area contributed by atoms with Gasteiger partial charge in [0.25, 0.3) is 0 Å². The Morgan fingerprint density at radius 3 is 2.36 bits per heavy atom. The molecule has 0 N–H and O–H groups in total. The molecule has 0 fully saturated rings. The first-order chi connectivity index (χ1) is 5.04. The lowest BCUT2D eigenvalue weighted by molar-refractivity contribution is 0.112. The van der Waals surface area contributed by atoms with Gasteiger partial charge in [-0.1, -0.05) is 19.6 Å². The van der Waals surface area contributed by atoms with Gasteiger partial charge >= 0.3 is 0 Å². The van der Waals surface area contributed by atoms with Gasteiger partial charge in [0.15, 0.2) is 6.29 Å². The fraction of sp³-hybridized carbons (Fsp3) is 0.375. The molecule has 2 nitrogen and oxygen atoms in total. The lowest BCUT2D eigenvalue weighted by atomic mass is 10.4. The summed E-state index contributed by atoms with van der Waals surface area (Å²) in [6, 6.07) is 1.83. The Labute approximate surface area is 67.2 Å². The lowest BCUT2D eigenvalue weighted by Crippen LogP contribution is -2.36. The average molecular weight is 168 g/mol. The largest absolute Gasteiger partial charge is 0.474 e. The van der Waals surface area contributed by atoms with E-state index in [2.05, 4.69) is 19.6 Å². The Balaban J connectivity index is 2.98. The van der Waals surface area contributed by atoms with Gasteiger partial charge in [-0.05, 0) is 6.07 Å². The number of rotatable bonds is 2. The van der Waals surface area contributed by atoms with Gasteiger partial charge < -0.3 is 4.42 Å². The van der Waals surface area contributed by atoms with Crippen molar-refractivity contribution >= 4 is 19.7 Å². The Hall–Kier alpha value is -0.833. The molecule has 11 heavy (non-hydrogen) atoms. The molecule has 0 aliphatic heterocycles. The Morgan fingerprint density at radius 1 is 1.45 bits per heavy atom. The van der Waals surface area contributed by atoms with Gasteiger partial charge in [0.1, 0.15) is 14.3 Å². The number of hydrogen-bond donors (Lipinski definition) is 0. The minimum Gasteiger partial charge on any atom is -0.474 e. The van der Waals surface area contributed by atoms with E-state index >= 15 is 0 Å². The molecule has 1 rings (SSSR count). The van der Waals surface area contributed by atoms with Crippen LogP contribution in [0.3, 0.4) is 0 Å². The number of hydrogen-bond acceptors (Lipinski definition) is 2. The fourth-order valence-corrected chi connectivity index (χ4v) is 1.82. The van der Waals surface area contributed by atoms with E-state index in [9.17, 15) is 4.79 Å². The van der Waals surface area contributed by atoms with E-state index in [1.54, 1.807) is 0 Å². The summed E-state index contributed by atoms with van der Waals surface area (Å²) in [4.78, 5) is 10.3. The van der Waals surface area contributed by atoms with Gasteiger partial charge in [-0.3, -0.25) is 4.79 Å². The molecule has 1 aromatic rings. The van der Waals surface area contributed by atoms with Crippen LogP contribution in [0.5, 0.6) is 0 Å². The van der Waals surface area contributed by atoms with Crippen LogP contribution < -0.4 is 5.38 Å². The molecule has 1 aromatic heterocycles. The van der Waals surface area contributed by atoms with E-state index in [1.807, 2.05) is 6.07 Å². The molecule has 0 saturated carbocycles. The van der Waals surface area contributed by atoms with Crippen molar-refractivity contribution in [2.24, 2.45) is 0 Å². The van der Waals surface area contributed by atoms with Crippen molar-refractivity contribution in [3.63, 3.8) is 0 Å². The minimum atomic E-state index is -1.35. The summed E-state index contributed by atoms with van der Waals surface area (Å²) >= 11 is 0. The summed E-state index contributed by atoms with van der Waals surface area (Å²) in [5.74, 6) is 0. The van der Waals surface area contributed by atoms with Crippen LogP contribution in [0.2, 0.25) is 19.6 Å². The van der Waals surface area contributed by atoms with E-state index < -0.39 is 8.07 Å². The highest BCUT2D eigenvalue weighted by atomic mass is 28.3. The Bertz CT molecular complexity index is 257. The highest BCUT2D eigenvalue weighted by Gasteiger charge is 2.20. The van der Waals surface area contributed by atoms with Crippen LogP contribution in [-0.2, 0) is 0 Å². The van der Waals surface area contributed by atoms with Crippen molar-refractivity contribution in [1.29, 1.82) is 0 Å². The van der Waals surface area contributed by atoms with E-state index in [4.69, 9.17) is 4.42 Å². The third-order valence-electron chi connectivity index (χ3n) is 1.50. The normalized spacial score (nSPS) is 11.5. The standard InChI is InChI=1S/C8H12O2Si/c1-11(2,3)8-4-7(5-9)6-10-8/h4-6H,1-3H3. The smallest absolute Gasteiger partial charge is 0.153 e. The predicted octanol–water partition coefficient (Wildman–Crippen LogP) is 1.64. The SMILES string of the molecule is C[Si](C)(C)c1cc(C=O)co1. The van der Waals surface area contributed by atoms with E-state index in [0.717, 1.165) is 11.7 Å². The quantitative estimate of drug-likeness (QED) is 0.496. The van der Waals surface area contributed by atoms with Crippen LogP contribution >= 0.6 is 0 Å². The molecule has 60 valence electrons. The number of carbonyl (C=O) groups excluding carboxylic acids is 1. The van der Waals surface area contributed by atoms with Crippen LogP contribution in [0.1, 0.15) is 10.4 Å². The number of carbonyl (C=O) groups is 1. The van der Waals surface area contributed by atoms with Crippen molar-refractivity contribution in [1.82, 2.24) is 0 Å². The second-order valence-corrected chi connectivity index (χ2v) is 8.60. The second kappa shape index (κ2) is 2.66. The summed E-state index contributed by atoms with van der Waals surface area (Å²) in [6.45, 7) is 6.54. The van der Waals surface area contributed by atoms with Crippen LogP contribution in [0.15, 0.2) is 16.7 Å². The monoisotopic (exact) mass is 168 g/mol. The molecule has 0 spiro atoms. The molecule has 0 atom stereocenters. The predicted molar refractivity (Wildman–Crippen MR) is 47.1 cm³/mol. The van der Waals surface area contributed by atoms with Crippen LogP contribution in [0.4, 0.5) is 0 Å². The first-order valence-electron chi connectivity index (χ1n) is 3.58. The molecule has 0 unspecified atom stereocenters. The molecule has 0 aromatic carbocycles. The molecule has 0 aliphatic rings. The summed E-state index contributed by atoms with van der Waals surface area (Å²) in [5, 5.41) is 0.986. The van der Waals surface area contributed by atoms with E-state index in [0.29, 0.717) is 5.56 Å². The molecule has 1 heterocycles. The van der Waals surface area contributed by atoms with E-state index in [-0.39, 0.29) is 0 Å². The third kappa shape index (κ3) is 1.80. The van der Waals surface area contributed by atoms with Gasteiger partial charge in [0.2, 0.25) is 0 Å². The summed E-state index contributed by atoms with van der Waals surface area (Å²) in [5.41, 5.74) is 0.641. The van der Waals surface area contributed by atoms with Crippen molar-refractivity contribution in [2.75, 3.05) is 0 Å². The van der Waals surface area contributed by atoms with Gasteiger partial charge in [-0.25, -0.2) is 0 Å². The summed E-state index contributed by atoms with van der Waals surface area (Å²) in [6.07, 6.45) is 2.33. The van der Waals surface area contributed by atoms with Crippen LogP contribution in [0.25, 0.3) is 0 Å². The molecule has 0 aliphatic carbocycles. The van der Waals surface area contributed by atoms with Crippen molar-refractivity contribution in [3.8, 4) is 0 Å². The Morgan fingerprint density at radius 2 is 2.09 bits per heavy atom. The number of aldehydes is 1. The average Bonchev–Trinajstić information content (AvgIpc) is 2.32. The minimum absolute atomic E-state index is 0.641. The van der Waals surface area contributed by atoms with Gasteiger partial charge in [0, 0.05) is 0 Å². The molecular formula is C8H12O2Si. The third-order valence-corrected chi connectivity index (χ3v) is 3.24. The molecule has 0 saturated heterocycles. The first kappa shape index (κ1) is 8.27. The zero-order valence-electron chi connectivity index (χ0n) is 7.05. The highest BCUT2D eigenvalue weighted by Crippen LogP contribution is 2.04. The Kier molecular flexibility index (Phi) is 2.00. The molecular weight excluding hydrogens is 156 g/mol. The van der Waals surface area contributed by atoms with Crippen LogP contribution in [0, 0.1) is 0 Å². The second-order valence-electron chi connectivity index (χ2n) is 3.61. The zero-order valence-corrected chi connectivity index (χ0v) is 8.05. The zero-order chi connectivity index (χ0) is 8.48. The fourth-order valence-electron chi connectivity index (χ4n) is 0.806. The van der Waals surface area contributed by atoms with Gasteiger partial charge in [-0.2, -0.15) is 0 Å². The molecule has 0 bridgehead atoms. The van der Waals surface area contributed by atoms with Gasteiger partial charge in [-0.15, -0.1) is 0 Å². The van der Waals surface area contributed by atoms with Gasteiger partial charge in [0.05, 0.1) is 10.9 Å². The van der Waals surface area contributed by atoms with E-state index in [1.165, 1.54) is 6.26 Å². The summed E-state index contributed by atoms with van der Waals surface area (Å²) in [7, 11) is -1.35.